The van der Waals surface area contributed by atoms with E-state index in [0.29, 0.717) is 16.7 Å². The number of Topliss-reactive ketones (excluding diaryl/α,β-unsaturated/α-hetero) is 1. The third-order valence-electron chi connectivity index (χ3n) is 3.10. The van der Waals surface area contributed by atoms with Crippen molar-refractivity contribution in [1.82, 2.24) is 0 Å². The molecule has 21 heavy (non-hydrogen) atoms. The summed E-state index contributed by atoms with van der Waals surface area (Å²) < 4.78 is 24.7. The zero-order chi connectivity index (χ0) is 15.5. The van der Waals surface area contributed by atoms with E-state index in [9.17, 15) is 13.2 Å². The van der Waals surface area contributed by atoms with E-state index in [1.165, 1.54) is 31.2 Å². The van der Waals surface area contributed by atoms with Crippen molar-refractivity contribution < 1.29 is 13.2 Å². The van der Waals surface area contributed by atoms with E-state index in [-0.39, 0.29) is 16.4 Å². The van der Waals surface area contributed by atoms with Gasteiger partial charge >= 0.3 is 0 Å². The van der Waals surface area contributed by atoms with Gasteiger partial charge in [-0.05, 0) is 30.7 Å². The Morgan fingerprint density at radius 3 is 2.29 bits per heavy atom. The number of ketones is 1. The number of carbonyl (C=O) groups is 1. The molecular formula is C16H13NO3S. The maximum atomic E-state index is 12.4. The molecule has 0 fully saturated rings. The number of hydrogen-bond donors (Lipinski definition) is 0. The Bertz CT molecular complexity index is 815. The van der Waals surface area contributed by atoms with Crippen LogP contribution in [-0.2, 0) is 15.6 Å². The first-order valence-electron chi connectivity index (χ1n) is 6.26. The predicted molar refractivity (Wildman–Crippen MR) is 78.5 cm³/mol. The van der Waals surface area contributed by atoms with E-state index in [1.807, 2.05) is 6.07 Å². The molecule has 0 aliphatic heterocycles. The molecule has 0 spiro atoms. The molecule has 0 N–H and O–H groups in total. The first kappa shape index (κ1) is 14.9. The lowest BCUT2D eigenvalue weighted by atomic mass is 10.1. The summed E-state index contributed by atoms with van der Waals surface area (Å²) in [5, 5.41) is 9.00. The summed E-state index contributed by atoms with van der Waals surface area (Å²) in [6.45, 7) is 1.42. The van der Waals surface area contributed by atoms with Crippen molar-refractivity contribution in [2.75, 3.05) is 0 Å². The minimum Gasteiger partial charge on any atom is -0.295 e. The molecule has 0 amide bonds. The fraction of sp³-hybridized carbons (Fsp3) is 0.125. The van der Waals surface area contributed by atoms with Crippen LogP contribution in [0.25, 0.3) is 0 Å². The quantitative estimate of drug-likeness (QED) is 0.813. The summed E-state index contributed by atoms with van der Waals surface area (Å²) >= 11 is 0. The lowest BCUT2D eigenvalue weighted by Crippen LogP contribution is -2.06. The molecule has 0 bridgehead atoms. The summed E-state index contributed by atoms with van der Waals surface area (Å²) in [6, 6.07) is 14.4. The highest BCUT2D eigenvalue weighted by atomic mass is 32.2. The van der Waals surface area contributed by atoms with Gasteiger partial charge in [-0.25, -0.2) is 8.42 Å². The smallest absolute Gasteiger partial charge is 0.182 e. The highest BCUT2D eigenvalue weighted by molar-refractivity contribution is 7.90. The second kappa shape index (κ2) is 5.90. The molecule has 0 atom stereocenters. The number of hydrogen-bond acceptors (Lipinski definition) is 4. The molecule has 0 unspecified atom stereocenters. The maximum Gasteiger partial charge on any atom is 0.182 e. The van der Waals surface area contributed by atoms with Gasteiger partial charge in [0.05, 0.1) is 22.3 Å². The van der Waals surface area contributed by atoms with Crippen molar-refractivity contribution in [3.63, 3.8) is 0 Å². The number of benzene rings is 2. The standard InChI is InChI=1S/C16H13NO3S/c1-12(18)13-6-8-16(9-7-13)21(19,20)11-15-5-3-2-4-14(15)10-17/h2-9H,11H2,1H3. The van der Waals surface area contributed by atoms with Crippen molar-refractivity contribution in [2.24, 2.45) is 0 Å². The van der Waals surface area contributed by atoms with Crippen molar-refractivity contribution in [3.05, 3.63) is 65.2 Å². The van der Waals surface area contributed by atoms with Crippen LogP contribution in [0.4, 0.5) is 0 Å². The molecular weight excluding hydrogens is 286 g/mol. The zero-order valence-electron chi connectivity index (χ0n) is 11.4. The Balaban J connectivity index is 2.34. The number of nitrogens with zero attached hydrogens (tertiary/aromatic N) is 1. The van der Waals surface area contributed by atoms with Gasteiger partial charge in [0.15, 0.2) is 15.6 Å². The molecule has 0 saturated carbocycles. The topological polar surface area (TPSA) is 75.0 Å². The van der Waals surface area contributed by atoms with Crippen molar-refractivity contribution in [1.29, 1.82) is 5.26 Å². The molecule has 0 aliphatic rings. The van der Waals surface area contributed by atoms with Crippen LogP contribution in [0.5, 0.6) is 0 Å². The number of rotatable bonds is 4. The van der Waals surface area contributed by atoms with Crippen LogP contribution < -0.4 is 0 Å². The largest absolute Gasteiger partial charge is 0.295 e. The molecule has 106 valence electrons. The van der Waals surface area contributed by atoms with Gasteiger partial charge in [-0.15, -0.1) is 0 Å². The van der Waals surface area contributed by atoms with Gasteiger partial charge in [0.2, 0.25) is 0 Å². The average Bonchev–Trinajstić information content (AvgIpc) is 2.47. The zero-order valence-corrected chi connectivity index (χ0v) is 12.2. The van der Waals surface area contributed by atoms with Crippen LogP contribution >= 0.6 is 0 Å². The van der Waals surface area contributed by atoms with Crippen LogP contribution in [0.1, 0.15) is 28.4 Å². The first-order valence-corrected chi connectivity index (χ1v) is 7.91. The molecule has 0 heterocycles. The Hall–Kier alpha value is -2.45. The molecule has 4 nitrogen and oxygen atoms in total. The maximum absolute atomic E-state index is 12.4. The summed E-state index contributed by atoms with van der Waals surface area (Å²) in [6.07, 6.45) is 0. The summed E-state index contributed by atoms with van der Waals surface area (Å²) in [7, 11) is -3.55. The average molecular weight is 299 g/mol. The van der Waals surface area contributed by atoms with Gasteiger partial charge in [-0.3, -0.25) is 4.79 Å². The van der Waals surface area contributed by atoms with Crippen LogP contribution in [0.3, 0.4) is 0 Å². The van der Waals surface area contributed by atoms with Crippen LogP contribution in [0.15, 0.2) is 53.4 Å². The summed E-state index contributed by atoms with van der Waals surface area (Å²) in [5.74, 6) is -0.357. The van der Waals surface area contributed by atoms with Gasteiger partial charge in [-0.1, -0.05) is 30.3 Å². The Labute approximate surface area is 123 Å². The van der Waals surface area contributed by atoms with Gasteiger partial charge in [0, 0.05) is 5.56 Å². The second-order valence-electron chi connectivity index (χ2n) is 4.61. The first-order chi connectivity index (χ1) is 9.94. The van der Waals surface area contributed by atoms with E-state index < -0.39 is 9.84 Å². The molecule has 2 aromatic rings. The van der Waals surface area contributed by atoms with E-state index in [0.717, 1.165) is 0 Å². The number of sulfone groups is 1. The number of nitriles is 1. The predicted octanol–water partition coefficient (Wildman–Crippen LogP) is 2.73. The van der Waals surface area contributed by atoms with Crippen molar-refractivity contribution >= 4 is 15.6 Å². The van der Waals surface area contributed by atoms with Crippen LogP contribution in [0, 0.1) is 11.3 Å². The summed E-state index contributed by atoms with van der Waals surface area (Å²) in [4.78, 5) is 11.3. The van der Waals surface area contributed by atoms with Crippen molar-refractivity contribution in [2.45, 2.75) is 17.6 Å². The van der Waals surface area contributed by atoms with Gasteiger partial charge in [-0.2, -0.15) is 5.26 Å². The van der Waals surface area contributed by atoms with Crippen LogP contribution in [0.2, 0.25) is 0 Å². The van der Waals surface area contributed by atoms with E-state index >= 15 is 0 Å². The molecule has 2 rings (SSSR count). The Morgan fingerprint density at radius 2 is 1.71 bits per heavy atom. The Kier molecular flexibility index (Phi) is 4.20. The van der Waals surface area contributed by atoms with Gasteiger partial charge in [0.1, 0.15) is 0 Å². The minimum atomic E-state index is -3.55. The van der Waals surface area contributed by atoms with Crippen molar-refractivity contribution in [3.8, 4) is 6.07 Å². The normalized spacial score (nSPS) is 10.9. The lowest BCUT2D eigenvalue weighted by molar-refractivity contribution is 0.101. The van der Waals surface area contributed by atoms with E-state index in [1.54, 1.807) is 24.3 Å². The fourth-order valence-electron chi connectivity index (χ4n) is 1.94. The molecule has 5 heteroatoms. The van der Waals surface area contributed by atoms with E-state index in [4.69, 9.17) is 5.26 Å². The Morgan fingerprint density at radius 1 is 1.10 bits per heavy atom. The van der Waals surface area contributed by atoms with Crippen LogP contribution in [-0.4, -0.2) is 14.2 Å². The SMILES string of the molecule is CC(=O)c1ccc(S(=O)(=O)Cc2ccccc2C#N)cc1. The third kappa shape index (κ3) is 3.36. The summed E-state index contributed by atoms with van der Waals surface area (Å²) in [5.41, 5.74) is 1.28. The second-order valence-corrected chi connectivity index (χ2v) is 6.60. The fourth-order valence-corrected chi connectivity index (χ4v) is 3.32. The third-order valence-corrected chi connectivity index (χ3v) is 4.78. The van der Waals surface area contributed by atoms with Gasteiger partial charge in [0.25, 0.3) is 0 Å². The highest BCUT2D eigenvalue weighted by Gasteiger charge is 2.17. The molecule has 0 radical (unpaired) electrons. The highest BCUT2D eigenvalue weighted by Crippen LogP contribution is 2.19. The number of carbonyl (C=O) groups excluding carboxylic acids is 1. The molecule has 0 aliphatic carbocycles. The monoisotopic (exact) mass is 299 g/mol. The van der Waals surface area contributed by atoms with Gasteiger partial charge < -0.3 is 0 Å². The molecule has 0 aromatic heterocycles. The van der Waals surface area contributed by atoms with E-state index in [2.05, 4.69) is 0 Å². The molecule has 0 saturated heterocycles. The molecule has 2 aromatic carbocycles. The minimum absolute atomic E-state index is 0.117. The lowest BCUT2D eigenvalue weighted by Gasteiger charge is -2.06.